The van der Waals surface area contributed by atoms with E-state index in [1.165, 1.54) is 23.4 Å². The summed E-state index contributed by atoms with van der Waals surface area (Å²) in [6.07, 6.45) is 3.49. The maximum Gasteiger partial charge on any atom is 0.391 e. The second-order valence-corrected chi connectivity index (χ2v) is 8.47. The first-order chi connectivity index (χ1) is 15.0. The van der Waals surface area contributed by atoms with Crippen molar-refractivity contribution in [1.29, 1.82) is 0 Å². The van der Waals surface area contributed by atoms with Gasteiger partial charge in [-0.25, -0.2) is 0 Å². The van der Waals surface area contributed by atoms with E-state index in [0.29, 0.717) is 17.0 Å². The van der Waals surface area contributed by atoms with Gasteiger partial charge in [-0.2, -0.15) is 13.2 Å². The molecule has 1 N–H and O–H groups in total. The van der Waals surface area contributed by atoms with Gasteiger partial charge in [-0.1, -0.05) is 31.2 Å². The van der Waals surface area contributed by atoms with Crippen LogP contribution in [0, 0.1) is 5.92 Å². The Morgan fingerprint density at radius 2 is 1.84 bits per heavy atom. The Balaban J connectivity index is 0.000000219. The molecule has 1 aromatic carbocycles. The summed E-state index contributed by atoms with van der Waals surface area (Å²) in [4.78, 5) is 11.7. The number of ether oxygens (including phenoxy) is 1. The fourth-order valence-electron chi connectivity index (χ4n) is 3.70. The lowest BCUT2D eigenvalue weighted by molar-refractivity contribution is -0.176. The van der Waals surface area contributed by atoms with Gasteiger partial charge in [-0.05, 0) is 49.6 Å². The molecular weight excluding hydrogens is 419 g/mol. The average molecular weight is 447 g/mol. The second kappa shape index (κ2) is 9.77. The third-order valence-corrected chi connectivity index (χ3v) is 5.37. The highest BCUT2D eigenvalue weighted by Crippen LogP contribution is 2.34. The van der Waals surface area contributed by atoms with Crippen molar-refractivity contribution in [2.45, 2.75) is 58.5 Å². The molecule has 7 heteroatoms. The van der Waals surface area contributed by atoms with Crippen LogP contribution < -0.4 is 5.43 Å². The van der Waals surface area contributed by atoms with Gasteiger partial charge in [-0.3, -0.25) is 4.79 Å². The van der Waals surface area contributed by atoms with Crippen LogP contribution in [0.3, 0.4) is 0 Å². The van der Waals surface area contributed by atoms with Crippen molar-refractivity contribution in [3.8, 4) is 0 Å². The summed E-state index contributed by atoms with van der Waals surface area (Å²) in [7, 11) is 0. The minimum Gasteiger partial charge on any atom is -0.491 e. The quantitative estimate of drug-likeness (QED) is 0.635. The van der Waals surface area contributed by atoms with Gasteiger partial charge in [-0.15, -0.1) is 0 Å². The van der Waals surface area contributed by atoms with Gasteiger partial charge in [0.05, 0.1) is 23.6 Å². The highest BCUT2D eigenvalue weighted by atomic mass is 19.4. The summed E-state index contributed by atoms with van der Waals surface area (Å²) < 4.78 is 44.7. The molecule has 0 amide bonds. The van der Waals surface area contributed by atoms with Gasteiger partial charge < -0.3 is 14.4 Å². The Hall–Kier alpha value is -2.80. The SMILES string of the molecule is CC(C)OC1=C2C=CC(=C1)C2.CC(CC(O)Cn1ccc(=O)c2ccccc21)C(F)(F)F. The third kappa shape index (κ3) is 5.91. The molecule has 2 bridgehead atoms. The Kier molecular flexibility index (Phi) is 7.29. The van der Waals surface area contributed by atoms with Crippen molar-refractivity contribution in [3.63, 3.8) is 0 Å². The van der Waals surface area contributed by atoms with Crippen molar-refractivity contribution in [2.24, 2.45) is 5.92 Å². The average Bonchev–Trinajstić information content (AvgIpc) is 3.33. The van der Waals surface area contributed by atoms with E-state index in [-0.39, 0.29) is 18.4 Å². The number of aliphatic hydroxyl groups is 1. The summed E-state index contributed by atoms with van der Waals surface area (Å²) >= 11 is 0. The lowest BCUT2D eigenvalue weighted by Gasteiger charge is -2.20. The number of hydrogen-bond acceptors (Lipinski definition) is 3. The molecule has 32 heavy (non-hydrogen) atoms. The number of rotatable bonds is 6. The minimum absolute atomic E-state index is 0.0151. The number of para-hydroxylation sites is 1. The highest BCUT2D eigenvalue weighted by Gasteiger charge is 2.36. The van der Waals surface area contributed by atoms with E-state index in [4.69, 9.17) is 4.74 Å². The lowest BCUT2D eigenvalue weighted by atomic mass is 10.0. The van der Waals surface area contributed by atoms with E-state index in [1.807, 2.05) is 0 Å². The van der Waals surface area contributed by atoms with Gasteiger partial charge in [0.25, 0.3) is 0 Å². The first-order valence-electron chi connectivity index (χ1n) is 10.7. The summed E-state index contributed by atoms with van der Waals surface area (Å²) in [5, 5.41) is 10.3. The molecule has 0 spiro atoms. The van der Waals surface area contributed by atoms with E-state index in [9.17, 15) is 23.1 Å². The van der Waals surface area contributed by atoms with E-state index < -0.39 is 18.2 Å². The number of benzene rings is 1. The molecule has 1 heterocycles. The molecule has 0 saturated carbocycles. The molecule has 2 atom stereocenters. The largest absolute Gasteiger partial charge is 0.491 e. The van der Waals surface area contributed by atoms with E-state index in [2.05, 4.69) is 32.1 Å². The number of fused-ring (bicyclic) bond motifs is 3. The highest BCUT2D eigenvalue weighted by molar-refractivity contribution is 5.78. The molecule has 0 saturated heterocycles. The Bertz CT molecular complexity index is 1110. The molecular formula is C25H28F3NO3. The topological polar surface area (TPSA) is 51.5 Å². The maximum absolute atomic E-state index is 12.5. The zero-order valence-corrected chi connectivity index (χ0v) is 18.4. The van der Waals surface area contributed by atoms with Crippen LogP contribution in [0.4, 0.5) is 13.2 Å². The van der Waals surface area contributed by atoms with E-state index in [1.54, 1.807) is 28.8 Å². The maximum atomic E-state index is 12.5. The number of nitrogens with zero attached hydrogens (tertiary/aromatic N) is 1. The molecule has 2 aromatic rings. The van der Waals surface area contributed by atoms with Crippen molar-refractivity contribution in [2.75, 3.05) is 0 Å². The Morgan fingerprint density at radius 1 is 1.12 bits per heavy atom. The minimum atomic E-state index is -4.31. The van der Waals surface area contributed by atoms with Gasteiger partial charge in [0.1, 0.15) is 5.76 Å². The van der Waals surface area contributed by atoms with E-state index >= 15 is 0 Å². The number of pyridine rings is 1. The van der Waals surface area contributed by atoms with Crippen LogP contribution in [0.25, 0.3) is 10.9 Å². The summed E-state index contributed by atoms with van der Waals surface area (Å²) in [5.74, 6) is -0.490. The number of aromatic nitrogens is 1. The monoisotopic (exact) mass is 447 g/mol. The van der Waals surface area contributed by atoms with Crippen LogP contribution in [0.1, 0.15) is 33.6 Å². The van der Waals surface area contributed by atoms with Crippen molar-refractivity contribution in [1.82, 2.24) is 4.57 Å². The van der Waals surface area contributed by atoms with Crippen LogP contribution in [-0.4, -0.2) is 28.1 Å². The van der Waals surface area contributed by atoms with Gasteiger partial charge in [0.15, 0.2) is 5.43 Å². The normalized spacial score (nSPS) is 16.8. The molecule has 172 valence electrons. The third-order valence-electron chi connectivity index (χ3n) is 5.37. The van der Waals surface area contributed by atoms with Crippen LogP contribution >= 0.6 is 0 Å². The Morgan fingerprint density at radius 3 is 2.44 bits per heavy atom. The molecule has 2 aliphatic carbocycles. The van der Waals surface area contributed by atoms with Crippen LogP contribution in [-0.2, 0) is 11.3 Å². The zero-order valence-electron chi connectivity index (χ0n) is 18.4. The zero-order chi connectivity index (χ0) is 23.5. The van der Waals surface area contributed by atoms with Crippen LogP contribution in [0.15, 0.2) is 76.5 Å². The van der Waals surface area contributed by atoms with E-state index in [0.717, 1.165) is 19.1 Å². The van der Waals surface area contributed by atoms with Crippen molar-refractivity contribution >= 4 is 10.9 Å². The predicted molar refractivity (Wildman–Crippen MR) is 119 cm³/mol. The summed E-state index contributed by atoms with van der Waals surface area (Å²) in [6.45, 7) is 5.18. The standard InChI is InChI=1S/C15H16F3NO2.C10H12O/c1-10(15(16,17)18)8-11(20)9-19-7-6-14(21)12-4-2-3-5-13(12)19;1-7(2)11-10-6-8-3-4-9(10)5-8/h2-7,10-11,20H,8-9H2,1H3;3-4,6-7H,5H2,1-2H3. The Labute approximate surface area is 185 Å². The summed E-state index contributed by atoms with van der Waals surface area (Å²) in [6, 6.07) is 8.16. The molecule has 4 rings (SSSR count). The van der Waals surface area contributed by atoms with Crippen LogP contribution in [0.2, 0.25) is 0 Å². The molecule has 0 aliphatic heterocycles. The first kappa shape index (κ1) is 23.9. The number of aliphatic hydroxyl groups excluding tert-OH is 1. The molecule has 4 nitrogen and oxygen atoms in total. The van der Waals surface area contributed by atoms with Gasteiger partial charge in [0.2, 0.25) is 0 Å². The first-order valence-corrected chi connectivity index (χ1v) is 10.7. The number of allylic oxidation sites excluding steroid dienone is 5. The number of hydrogen-bond donors (Lipinski definition) is 1. The summed E-state index contributed by atoms with van der Waals surface area (Å²) in [5.41, 5.74) is 3.17. The van der Waals surface area contributed by atoms with Crippen LogP contribution in [0.5, 0.6) is 0 Å². The van der Waals surface area contributed by atoms with Crippen molar-refractivity contribution < 1.29 is 23.0 Å². The fraction of sp³-hybridized carbons (Fsp3) is 0.400. The van der Waals surface area contributed by atoms with Crippen molar-refractivity contribution in [3.05, 3.63) is 81.9 Å². The predicted octanol–water partition coefficient (Wildman–Crippen LogP) is 5.52. The van der Waals surface area contributed by atoms with Gasteiger partial charge >= 0.3 is 6.18 Å². The number of alkyl halides is 3. The molecule has 2 aliphatic rings. The molecule has 0 radical (unpaired) electrons. The second-order valence-electron chi connectivity index (χ2n) is 8.47. The number of halogens is 3. The van der Waals surface area contributed by atoms with Gasteiger partial charge in [0, 0.05) is 30.6 Å². The molecule has 2 unspecified atom stereocenters. The lowest BCUT2D eigenvalue weighted by Crippen LogP contribution is -2.27. The molecule has 1 aromatic heterocycles. The smallest absolute Gasteiger partial charge is 0.391 e. The molecule has 0 fully saturated rings. The fourth-order valence-corrected chi connectivity index (χ4v) is 3.70.